The molecule has 2 amide bonds. The van der Waals surface area contributed by atoms with Gasteiger partial charge in [-0.15, -0.1) is 22.7 Å². The molecule has 1 N–H and O–H groups in total. The number of thiophene rings is 2. The smallest absolute Gasteiger partial charge is 0.266 e. The van der Waals surface area contributed by atoms with Gasteiger partial charge in [-0.2, -0.15) is 0 Å². The molecule has 0 saturated carbocycles. The predicted octanol–water partition coefficient (Wildman–Crippen LogP) is 7.87. The summed E-state index contributed by atoms with van der Waals surface area (Å²) in [6, 6.07) is 27.4. The van der Waals surface area contributed by atoms with Crippen molar-refractivity contribution in [2.24, 2.45) is 0 Å². The van der Waals surface area contributed by atoms with Gasteiger partial charge in [-0.3, -0.25) is 9.59 Å². The van der Waals surface area contributed by atoms with E-state index in [0.29, 0.717) is 16.1 Å². The second-order valence-electron chi connectivity index (χ2n) is 8.84. The molecule has 0 bridgehead atoms. The summed E-state index contributed by atoms with van der Waals surface area (Å²) in [6.45, 7) is 0.731. The van der Waals surface area contributed by atoms with Crippen molar-refractivity contribution in [3.05, 3.63) is 106 Å². The van der Waals surface area contributed by atoms with Gasteiger partial charge in [-0.05, 0) is 66.6 Å². The second-order valence-corrected chi connectivity index (χ2v) is 10.9. The van der Waals surface area contributed by atoms with Crippen LogP contribution in [0.15, 0.2) is 90.3 Å². The SMILES string of the molecule is O=C(Nc1ccc(C(=O)N2CCCCc3sccc32)cc1)c1sc2ccccc2c1-c1ccccc1. The minimum Gasteiger partial charge on any atom is -0.321 e. The van der Waals surface area contributed by atoms with Crippen molar-refractivity contribution in [2.45, 2.75) is 19.3 Å². The first kappa shape index (κ1) is 22.7. The Hall–Kier alpha value is -3.74. The summed E-state index contributed by atoms with van der Waals surface area (Å²) >= 11 is 3.22. The van der Waals surface area contributed by atoms with E-state index in [1.54, 1.807) is 23.5 Å². The van der Waals surface area contributed by atoms with Gasteiger partial charge >= 0.3 is 0 Å². The first-order chi connectivity index (χ1) is 17.7. The zero-order valence-electron chi connectivity index (χ0n) is 19.6. The van der Waals surface area contributed by atoms with Crippen molar-refractivity contribution < 1.29 is 9.59 Å². The second kappa shape index (κ2) is 9.72. The minimum absolute atomic E-state index is 0.00490. The number of fused-ring (bicyclic) bond motifs is 2. The molecule has 6 rings (SSSR count). The van der Waals surface area contributed by atoms with Gasteiger partial charge in [0.05, 0.1) is 5.69 Å². The van der Waals surface area contributed by atoms with Crippen LogP contribution in [-0.4, -0.2) is 18.4 Å². The average molecular weight is 509 g/mol. The van der Waals surface area contributed by atoms with E-state index in [0.717, 1.165) is 52.7 Å². The Morgan fingerprint density at radius 1 is 0.833 bits per heavy atom. The molecule has 36 heavy (non-hydrogen) atoms. The van der Waals surface area contributed by atoms with Crippen LogP contribution >= 0.6 is 22.7 Å². The molecule has 3 aromatic carbocycles. The molecule has 0 fully saturated rings. The quantitative estimate of drug-likeness (QED) is 0.269. The topological polar surface area (TPSA) is 49.4 Å². The molecular formula is C30H24N2O2S2. The molecule has 6 heteroatoms. The third-order valence-corrected chi connectivity index (χ3v) is 8.69. The lowest BCUT2D eigenvalue weighted by molar-refractivity contribution is 0.0986. The summed E-state index contributed by atoms with van der Waals surface area (Å²) in [5.74, 6) is -0.144. The zero-order chi connectivity index (χ0) is 24.5. The lowest BCUT2D eigenvalue weighted by atomic mass is 10.0. The fraction of sp³-hybridized carbons (Fsp3) is 0.133. The maximum absolute atomic E-state index is 13.4. The predicted molar refractivity (Wildman–Crippen MR) is 151 cm³/mol. The van der Waals surface area contributed by atoms with Crippen LogP contribution in [0, 0.1) is 0 Å². The Morgan fingerprint density at radius 3 is 2.44 bits per heavy atom. The van der Waals surface area contributed by atoms with Crippen LogP contribution < -0.4 is 10.2 Å². The van der Waals surface area contributed by atoms with Crippen LogP contribution in [0.25, 0.3) is 21.2 Å². The number of hydrogen-bond acceptors (Lipinski definition) is 4. The van der Waals surface area contributed by atoms with E-state index in [-0.39, 0.29) is 11.8 Å². The molecule has 3 heterocycles. The Bertz CT molecular complexity index is 1550. The van der Waals surface area contributed by atoms with Crippen LogP contribution in [0.4, 0.5) is 11.4 Å². The van der Waals surface area contributed by atoms with Crippen molar-refractivity contribution in [2.75, 3.05) is 16.8 Å². The van der Waals surface area contributed by atoms with Crippen LogP contribution in [0.3, 0.4) is 0 Å². The highest BCUT2D eigenvalue weighted by Gasteiger charge is 2.24. The fourth-order valence-electron chi connectivity index (χ4n) is 4.78. The van der Waals surface area contributed by atoms with Crippen molar-refractivity contribution in [3.63, 3.8) is 0 Å². The van der Waals surface area contributed by atoms with E-state index in [1.807, 2.05) is 71.6 Å². The average Bonchev–Trinajstić information content (AvgIpc) is 3.49. The highest BCUT2D eigenvalue weighted by molar-refractivity contribution is 7.21. The first-order valence-electron chi connectivity index (χ1n) is 12.1. The Kier molecular flexibility index (Phi) is 6.13. The van der Waals surface area contributed by atoms with Crippen molar-refractivity contribution >= 4 is 55.9 Å². The third kappa shape index (κ3) is 4.23. The van der Waals surface area contributed by atoms with Gasteiger partial charge in [0.1, 0.15) is 4.88 Å². The van der Waals surface area contributed by atoms with Gasteiger partial charge in [0, 0.05) is 38.3 Å². The van der Waals surface area contributed by atoms with E-state index >= 15 is 0 Å². The number of carbonyl (C=O) groups is 2. The molecule has 0 atom stereocenters. The Morgan fingerprint density at radius 2 is 1.61 bits per heavy atom. The summed E-state index contributed by atoms with van der Waals surface area (Å²) in [4.78, 5) is 30.6. The molecule has 0 spiro atoms. The molecule has 1 aliphatic heterocycles. The van der Waals surface area contributed by atoms with E-state index < -0.39 is 0 Å². The van der Waals surface area contributed by atoms with Gasteiger partial charge in [-0.25, -0.2) is 0 Å². The number of benzene rings is 3. The van der Waals surface area contributed by atoms with E-state index in [9.17, 15) is 9.59 Å². The number of carbonyl (C=O) groups excluding carboxylic acids is 2. The molecule has 0 unspecified atom stereocenters. The molecule has 0 saturated heterocycles. The number of hydrogen-bond donors (Lipinski definition) is 1. The lowest BCUT2D eigenvalue weighted by Crippen LogP contribution is -2.31. The van der Waals surface area contributed by atoms with Crippen LogP contribution in [-0.2, 0) is 6.42 Å². The normalized spacial score (nSPS) is 13.3. The largest absolute Gasteiger partial charge is 0.321 e. The Labute approximate surface area is 217 Å². The summed E-state index contributed by atoms with van der Waals surface area (Å²) in [5.41, 5.74) is 4.30. The van der Waals surface area contributed by atoms with Gasteiger partial charge in [-0.1, -0.05) is 48.5 Å². The van der Waals surface area contributed by atoms with Crippen LogP contribution in [0.1, 0.15) is 37.7 Å². The molecule has 4 nitrogen and oxygen atoms in total. The van der Waals surface area contributed by atoms with Crippen molar-refractivity contribution in [1.82, 2.24) is 0 Å². The molecule has 0 aliphatic carbocycles. The van der Waals surface area contributed by atoms with Crippen molar-refractivity contribution in [1.29, 1.82) is 0 Å². The van der Waals surface area contributed by atoms with E-state index in [1.165, 1.54) is 16.2 Å². The molecule has 5 aromatic rings. The summed E-state index contributed by atoms with van der Waals surface area (Å²) in [5, 5.41) is 6.18. The van der Waals surface area contributed by atoms with Gasteiger partial charge in [0.2, 0.25) is 0 Å². The minimum atomic E-state index is -0.149. The van der Waals surface area contributed by atoms with E-state index in [4.69, 9.17) is 0 Å². The number of nitrogens with zero attached hydrogens (tertiary/aromatic N) is 1. The molecule has 178 valence electrons. The summed E-state index contributed by atoms with van der Waals surface area (Å²) in [7, 11) is 0. The van der Waals surface area contributed by atoms with Crippen molar-refractivity contribution in [3.8, 4) is 11.1 Å². The monoisotopic (exact) mass is 508 g/mol. The van der Waals surface area contributed by atoms with E-state index in [2.05, 4.69) is 16.8 Å². The highest BCUT2D eigenvalue weighted by atomic mass is 32.1. The van der Waals surface area contributed by atoms with Gasteiger partial charge in [0.25, 0.3) is 11.8 Å². The third-order valence-electron chi connectivity index (χ3n) is 6.55. The first-order valence-corrected chi connectivity index (χ1v) is 13.8. The number of amides is 2. The highest BCUT2D eigenvalue weighted by Crippen LogP contribution is 2.39. The van der Waals surface area contributed by atoms with Crippen LogP contribution in [0.2, 0.25) is 0 Å². The fourth-order valence-corrected chi connectivity index (χ4v) is 6.83. The maximum atomic E-state index is 13.4. The molecule has 2 aromatic heterocycles. The zero-order valence-corrected chi connectivity index (χ0v) is 21.2. The number of aryl methyl sites for hydroxylation is 1. The van der Waals surface area contributed by atoms with Gasteiger partial charge in [0.15, 0.2) is 0 Å². The maximum Gasteiger partial charge on any atom is 0.266 e. The molecular weight excluding hydrogens is 484 g/mol. The Balaban J connectivity index is 1.26. The standard InChI is InChI=1S/C30H24N2O2S2/c33-29(28-27(20-8-2-1-3-9-20)23-10-4-5-11-25(23)36-28)31-22-15-13-21(14-16-22)30(34)32-18-7-6-12-26-24(32)17-19-35-26/h1-5,8-11,13-17,19H,6-7,12,18H2,(H,31,33). The lowest BCUT2D eigenvalue weighted by Gasteiger charge is -2.21. The molecule has 0 radical (unpaired) electrons. The summed E-state index contributed by atoms with van der Waals surface area (Å²) < 4.78 is 1.08. The number of rotatable bonds is 4. The molecule has 1 aliphatic rings. The summed E-state index contributed by atoms with van der Waals surface area (Å²) in [6.07, 6.45) is 3.13. The number of anilines is 2. The van der Waals surface area contributed by atoms with Crippen LogP contribution in [0.5, 0.6) is 0 Å². The number of nitrogens with one attached hydrogen (secondary N) is 1. The van der Waals surface area contributed by atoms with Gasteiger partial charge < -0.3 is 10.2 Å².